The number of anilines is 3. The average Bonchev–Trinajstić information content (AvgIpc) is 3.21. The molecule has 0 radical (unpaired) electrons. The largest absolute Gasteiger partial charge is 0.494 e. The van der Waals surface area contributed by atoms with Crippen molar-refractivity contribution in [3.8, 4) is 11.4 Å². The number of methoxy groups -OCH3 is 1. The Kier molecular flexibility index (Phi) is 8.41. The Morgan fingerprint density at radius 1 is 1.21 bits per heavy atom. The molecule has 12 heteroatoms. The summed E-state index contributed by atoms with van der Waals surface area (Å²) < 4.78 is 49.5. The lowest BCUT2D eigenvalue weighted by molar-refractivity contribution is -0.176. The number of benzene rings is 1. The summed E-state index contributed by atoms with van der Waals surface area (Å²) >= 11 is 0. The Bertz CT molecular complexity index is 1120. The summed E-state index contributed by atoms with van der Waals surface area (Å²) in [7, 11) is 3.24. The number of hydrogen-bond acceptors (Lipinski definition) is 8. The van der Waals surface area contributed by atoms with Crippen LogP contribution in [0.15, 0.2) is 41.8 Å². The minimum atomic E-state index is -4.42. The van der Waals surface area contributed by atoms with Gasteiger partial charge in [0.05, 0.1) is 37.1 Å². The van der Waals surface area contributed by atoms with Crippen LogP contribution in [0.2, 0.25) is 0 Å². The molecule has 0 unspecified atom stereocenters. The maximum Gasteiger partial charge on any atom is 0.411 e. The molecule has 0 aliphatic rings. The van der Waals surface area contributed by atoms with E-state index in [1.807, 2.05) is 29.8 Å². The zero-order valence-corrected chi connectivity index (χ0v) is 19.1. The fourth-order valence-corrected chi connectivity index (χ4v) is 3.03. The molecule has 0 amide bonds. The third-order valence-electron chi connectivity index (χ3n) is 4.48. The number of nitrogens with one attached hydrogen (secondary N) is 2. The van der Waals surface area contributed by atoms with Crippen molar-refractivity contribution in [1.82, 2.24) is 19.5 Å². The van der Waals surface area contributed by atoms with Gasteiger partial charge in [-0.1, -0.05) is 0 Å². The van der Waals surface area contributed by atoms with Gasteiger partial charge < -0.3 is 29.7 Å². The monoisotopic (exact) mass is 477 g/mol. The summed E-state index contributed by atoms with van der Waals surface area (Å²) in [5.74, 6) is 1.24. The van der Waals surface area contributed by atoms with E-state index in [4.69, 9.17) is 9.47 Å². The predicted octanol–water partition coefficient (Wildman–Crippen LogP) is 4.30. The normalized spacial score (nSPS) is 11.7. The molecular formula is C22H26F3N7O2. The molecule has 0 aliphatic heterocycles. The number of nitrogens with zero attached hydrogens (tertiary/aromatic N) is 5. The Hall–Kier alpha value is -3.67. The highest BCUT2D eigenvalue weighted by atomic mass is 19.4. The lowest BCUT2D eigenvalue weighted by Gasteiger charge is -2.14. The first-order chi connectivity index (χ1) is 16.3. The van der Waals surface area contributed by atoms with E-state index in [0.717, 1.165) is 11.4 Å². The maximum atomic E-state index is 12.5. The van der Waals surface area contributed by atoms with Gasteiger partial charge in [-0.25, -0.2) is 9.97 Å². The highest BCUT2D eigenvalue weighted by Gasteiger charge is 2.27. The molecule has 0 bridgehead atoms. The first-order valence-electron chi connectivity index (χ1n) is 10.4. The van der Waals surface area contributed by atoms with Crippen LogP contribution in [0.1, 0.15) is 17.8 Å². The molecule has 0 aliphatic carbocycles. The molecule has 0 fully saturated rings. The van der Waals surface area contributed by atoms with Crippen LogP contribution >= 0.6 is 0 Å². The van der Waals surface area contributed by atoms with Crippen molar-refractivity contribution in [3.63, 3.8) is 0 Å². The molecule has 0 saturated heterocycles. The predicted molar refractivity (Wildman–Crippen MR) is 123 cm³/mol. The zero-order chi connectivity index (χ0) is 24.6. The number of imidazole rings is 1. The molecule has 2 N–H and O–H groups in total. The van der Waals surface area contributed by atoms with Gasteiger partial charge in [-0.15, -0.1) is 0 Å². The average molecular weight is 477 g/mol. The van der Waals surface area contributed by atoms with Crippen molar-refractivity contribution in [2.24, 2.45) is 4.99 Å². The van der Waals surface area contributed by atoms with Crippen LogP contribution in [0.4, 0.5) is 30.6 Å². The van der Waals surface area contributed by atoms with E-state index in [1.165, 1.54) is 0 Å². The molecule has 34 heavy (non-hydrogen) atoms. The van der Waals surface area contributed by atoms with Crippen molar-refractivity contribution >= 4 is 23.7 Å². The first kappa shape index (κ1) is 25.0. The second-order valence-electron chi connectivity index (χ2n) is 7.27. The summed E-state index contributed by atoms with van der Waals surface area (Å²) in [5.41, 5.74) is 2.59. The molecule has 1 aromatic carbocycles. The van der Waals surface area contributed by atoms with E-state index in [2.05, 4.69) is 30.6 Å². The SMILES string of the molecule is CN=CCCNc1cc(COCC(F)(F)F)nc(Nc2ccc(-n3cnc(C)c3)c(OC)c2)n1. The Morgan fingerprint density at radius 3 is 2.71 bits per heavy atom. The first-order valence-corrected chi connectivity index (χ1v) is 10.4. The van der Waals surface area contributed by atoms with Crippen LogP contribution in [0.5, 0.6) is 5.75 Å². The quantitative estimate of drug-likeness (QED) is 0.314. The smallest absolute Gasteiger partial charge is 0.411 e. The second kappa shape index (κ2) is 11.5. The Balaban J connectivity index is 1.81. The minimum Gasteiger partial charge on any atom is -0.494 e. The summed E-state index contributed by atoms with van der Waals surface area (Å²) in [6.07, 6.45) is 1.56. The third-order valence-corrected chi connectivity index (χ3v) is 4.48. The van der Waals surface area contributed by atoms with Crippen molar-refractivity contribution in [2.45, 2.75) is 26.1 Å². The topological polar surface area (TPSA) is 98.5 Å². The number of aliphatic imine (C=N–C) groups is 1. The van der Waals surface area contributed by atoms with Crippen LogP contribution in [-0.4, -0.2) is 59.2 Å². The van der Waals surface area contributed by atoms with Gasteiger partial charge in [-0.3, -0.25) is 0 Å². The number of aromatic nitrogens is 4. The number of ether oxygens (including phenoxy) is 2. The van der Waals surface area contributed by atoms with Crippen LogP contribution in [0.25, 0.3) is 5.69 Å². The van der Waals surface area contributed by atoms with Crippen LogP contribution < -0.4 is 15.4 Å². The molecule has 0 spiro atoms. The zero-order valence-electron chi connectivity index (χ0n) is 19.1. The number of hydrogen-bond donors (Lipinski definition) is 2. The summed E-state index contributed by atoms with van der Waals surface area (Å²) in [4.78, 5) is 16.8. The lowest BCUT2D eigenvalue weighted by Crippen LogP contribution is -2.17. The Labute approximate surface area is 195 Å². The van der Waals surface area contributed by atoms with Crippen LogP contribution in [0.3, 0.4) is 0 Å². The summed E-state index contributed by atoms with van der Waals surface area (Å²) in [6, 6.07) is 6.98. The standard InChI is InChI=1S/C22H26F3N7O2/c1-15-11-32(14-28-15)18-6-5-16(9-19(18)33-3)29-21-30-17(12-34-13-22(23,24)25)10-20(31-21)27-8-4-7-26-2/h5-7,9-11,14H,4,8,12-13H2,1-3H3,(H2,27,29,30,31). The fourth-order valence-electron chi connectivity index (χ4n) is 3.03. The van der Waals surface area contributed by atoms with Crippen molar-refractivity contribution in [2.75, 3.05) is 37.9 Å². The highest BCUT2D eigenvalue weighted by Crippen LogP contribution is 2.28. The molecule has 0 atom stereocenters. The number of aryl methyl sites for hydroxylation is 1. The van der Waals surface area contributed by atoms with Gasteiger partial charge >= 0.3 is 6.18 Å². The molecule has 9 nitrogen and oxygen atoms in total. The Morgan fingerprint density at radius 2 is 2.03 bits per heavy atom. The third kappa shape index (κ3) is 7.44. The summed E-state index contributed by atoms with van der Waals surface area (Å²) in [6.45, 7) is 0.762. The second-order valence-corrected chi connectivity index (χ2v) is 7.27. The fraction of sp³-hybridized carbons (Fsp3) is 0.364. The number of halogens is 3. The van der Waals surface area contributed by atoms with Crippen molar-refractivity contribution in [1.29, 1.82) is 0 Å². The minimum absolute atomic E-state index is 0.202. The van der Waals surface area contributed by atoms with Crippen molar-refractivity contribution in [3.05, 3.63) is 48.2 Å². The van der Waals surface area contributed by atoms with Crippen LogP contribution in [0, 0.1) is 6.92 Å². The molecule has 3 rings (SSSR count). The van der Waals surface area contributed by atoms with Gasteiger partial charge in [0.1, 0.15) is 18.2 Å². The van der Waals surface area contributed by atoms with E-state index in [1.54, 1.807) is 38.8 Å². The van der Waals surface area contributed by atoms with E-state index >= 15 is 0 Å². The van der Waals surface area contributed by atoms with E-state index in [0.29, 0.717) is 35.9 Å². The number of rotatable bonds is 11. The van der Waals surface area contributed by atoms with Gasteiger partial charge in [0.2, 0.25) is 5.95 Å². The van der Waals surface area contributed by atoms with Gasteiger partial charge in [0, 0.05) is 43.8 Å². The van der Waals surface area contributed by atoms with Gasteiger partial charge in [-0.2, -0.15) is 18.2 Å². The summed E-state index contributed by atoms with van der Waals surface area (Å²) in [5, 5.41) is 6.19. The molecule has 0 saturated carbocycles. The van der Waals surface area contributed by atoms with Crippen molar-refractivity contribution < 1.29 is 22.6 Å². The molecule has 2 aromatic heterocycles. The molecular weight excluding hydrogens is 451 g/mol. The molecule has 3 aromatic rings. The van der Waals surface area contributed by atoms with E-state index < -0.39 is 12.8 Å². The maximum absolute atomic E-state index is 12.5. The number of alkyl halides is 3. The van der Waals surface area contributed by atoms with E-state index in [9.17, 15) is 13.2 Å². The van der Waals surface area contributed by atoms with Gasteiger partial charge in [0.15, 0.2) is 0 Å². The van der Waals surface area contributed by atoms with Gasteiger partial charge in [0.25, 0.3) is 0 Å². The van der Waals surface area contributed by atoms with Crippen LogP contribution in [-0.2, 0) is 11.3 Å². The molecule has 2 heterocycles. The molecule has 182 valence electrons. The highest BCUT2D eigenvalue weighted by molar-refractivity contribution is 5.63. The van der Waals surface area contributed by atoms with Gasteiger partial charge in [-0.05, 0) is 25.5 Å². The lowest BCUT2D eigenvalue weighted by atomic mass is 10.2. The van der Waals surface area contributed by atoms with E-state index in [-0.39, 0.29) is 12.6 Å².